The minimum Gasteiger partial charge on any atom is -0.392 e. The Hall–Kier alpha value is -3.38. The van der Waals surface area contributed by atoms with Gasteiger partial charge in [-0.2, -0.15) is 5.10 Å². The number of aromatic nitrogens is 3. The van der Waals surface area contributed by atoms with Crippen LogP contribution < -0.4 is 11.5 Å². The Balaban J connectivity index is 2.03. The molecule has 2 aromatic carbocycles. The number of fused-ring (bicyclic) bond motifs is 1. The molecule has 0 saturated carbocycles. The first-order valence-corrected chi connectivity index (χ1v) is 7.86. The van der Waals surface area contributed by atoms with Gasteiger partial charge in [-0.15, -0.1) is 0 Å². The van der Waals surface area contributed by atoms with Gasteiger partial charge in [0.05, 0.1) is 12.1 Å². The van der Waals surface area contributed by atoms with Crippen LogP contribution in [-0.2, 0) is 6.61 Å². The molecule has 2 heterocycles. The molecule has 6 N–H and O–H groups in total. The van der Waals surface area contributed by atoms with E-state index < -0.39 is 0 Å². The number of aliphatic hydroxyl groups is 1. The highest BCUT2D eigenvalue weighted by Gasteiger charge is 2.14. The number of benzene rings is 2. The van der Waals surface area contributed by atoms with Crippen molar-refractivity contribution in [1.29, 1.82) is 0 Å². The summed E-state index contributed by atoms with van der Waals surface area (Å²) < 4.78 is 0. The van der Waals surface area contributed by atoms with Crippen molar-refractivity contribution in [3.8, 4) is 22.3 Å². The highest BCUT2D eigenvalue weighted by Crippen LogP contribution is 2.36. The minimum absolute atomic E-state index is 0.0479. The molecule has 4 aromatic rings. The second-order valence-corrected chi connectivity index (χ2v) is 5.84. The normalized spacial score (nSPS) is 11.1. The van der Waals surface area contributed by atoms with Gasteiger partial charge in [0.15, 0.2) is 5.82 Å². The van der Waals surface area contributed by atoms with E-state index in [0.717, 1.165) is 38.7 Å². The van der Waals surface area contributed by atoms with Crippen LogP contribution in [0.3, 0.4) is 0 Å². The molecule has 0 bridgehead atoms. The maximum absolute atomic E-state index is 9.70. The largest absolute Gasteiger partial charge is 0.392 e. The van der Waals surface area contributed by atoms with Crippen LogP contribution in [0.25, 0.3) is 33.2 Å². The number of hydrogen-bond acceptors (Lipinski definition) is 5. The third kappa shape index (κ3) is 2.58. The molecule has 0 atom stereocenters. The molecule has 0 saturated heterocycles. The standard InChI is InChI=1S/C19H17N5O/c20-17-9-11(5-6-22-17)13-7-15(14-4-2-1-3-12(14)10-25)18-16(8-13)19(21)24-23-18/h1-9,25H,10H2,(H2,20,22)(H3,21,23,24). The summed E-state index contributed by atoms with van der Waals surface area (Å²) in [4.78, 5) is 4.04. The summed E-state index contributed by atoms with van der Waals surface area (Å²) in [6, 6.07) is 15.5. The number of rotatable bonds is 3. The average molecular weight is 331 g/mol. The molecular weight excluding hydrogens is 314 g/mol. The van der Waals surface area contributed by atoms with Crippen molar-refractivity contribution >= 4 is 22.5 Å². The lowest BCUT2D eigenvalue weighted by atomic mass is 9.94. The lowest BCUT2D eigenvalue weighted by molar-refractivity contribution is 0.282. The van der Waals surface area contributed by atoms with Crippen LogP contribution in [0.1, 0.15) is 5.56 Å². The van der Waals surface area contributed by atoms with Crippen LogP contribution in [0.4, 0.5) is 11.6 Å². The highest BCUT2D eigenvalue weighted by atomic mass is 16.3. The smallest absolute Gasteiger partial charge is 0.153 e. The molecule has 0 aliphatic heterocycles. The molecule has 0 fully saturated rings. The van der Waals surface area contributed by atoms with E-state index >= 15 is 0 Å². The zero-order chi connectivity index (χ0) is 17.4. The molecule has 6 heteroatoms. The Morgan fingerprint density at radius 2 is 1.80 bits per heavy atom. The highest BCUT2D eigenvalue weighted by molar-refractivity contribution is 6.02. The molecule has 0 radical (unpaired) electrons. The Labute approximate surface area is 144 Å². The first-order valence-electron chi connectivity index (χ1n) is 7.86. The van der Waals surface area contributed by atoms with E-state index in [2.05, 4.69) is 15.2 Å². The number of nitrogens with zero attached hydrogens (tertiary/aromatic N) is 2. The van der Waals surface area contributed by atoms with E-state index in [1.54, 1.807) is 6.20 Å². The predicted molar refractivity (Wildman–Crippen MR) is 99.5 cm³/mol. The van der Waals surface area contributed by atoms with E-state index in [-0.39, 0.29) is 6.61 Å². The van der Waals surface area contributed by atoms with Gasteiger partial charge in [0.2, 0.25) is 0 Å². The number of nitrogens with two attached hydrogens (primary N) is 2. The Kier molecular flexibility index (Phi) is 3.59. The van der Waals surface area contributed by atoms with Gasteiger partial charge in [-0.25, -0.2) is 4.98 Å². The van der Waals surface area contributed by atoms with Crippen LogP contribution in [0, 0.1) is 0 Å². The molecule has 0 aliphatic rings. The molecule has 6 nitrogen and oxygen atoms in total. The summed E-state index contributed by atoms with van der Waals surface area (Å²) in [5, 5.41) is 17.7. The zero-order valence-corrected chi connectivity index (χ0v) is 13.4. The van der Waals surface area contributed by atoms with Gasteiger partial charge < -0.3 is 16.6 Å². The molecule has 0 spiro atoms. The topological polar surface area (TPSA) is 114 Å². The van der Waals surface area contributed by atoms with Gasteiger partial charge in [0.25, 0.3) is 0 Å². The van der Waals surface area contributed by atoms with Gasteiger partial charge in [-0.1, -0.05) is 24.3 Å². The Morgan fingerprint density at radius 3 is 2.60 bits per heavy atom. The molecular formula is C19H17N5O. The number of H-pyrrole nitrogens is 1. The van der Waals surface area contributed by atoms with E-state index in [1.807, 2.05) is 48.5 Å². The first-order chi connectivity index (χ1) is 12.2. The number of anilines is 2. The van der Waals surface area contributed by atoms with Gasteiger partial charge in [-0.3, -0.25) is 5.10 Å². The number of nitrogen functional groups attached to an aromatic ring is 2. The number of aromatic amines is 1. The summed E-state index contributed by atoms with van der Waals surface area (Å²) >= 11 is 0. The van der Waals surface area contributed by atoms with Gasteiger partial charge in [-0.05, 0) is 46.5 Å². The molecule has 25 heavy (non-hydrogen) atoms. The van der Waals surface area contributed by atoms with Crippen molar-refractivity contribution in [2.75, 3.05) is 11.5 Å². The third-order valence-corrected chi connectivity index (χ3v) is 4.29. The zero-order valence-electron chi connectivity index (χ0n) is 13.4. The first kappa shape index (κ1) is 15.2. The summed E-state index contributed by atoms with van der Waals surface area (Å²) in [7, 11) is 0. The summed E-state index contributed by atoms with van der Waals surface area (Å²) in [6.07, 6.45) is 1.68. The molecule has 0 aliphatic carbocycles. The van der Waals surface area contributed by atoms with E-state index in [0.29, 0.717) is 11.6 Å². The van der Waals surface area contributed by atoms with Gasteiger partial charge >= 0.3 is 0 Å². The number of aliphatic hydroxyl groups excluding tert-OH is 1. The number of nitrogens with one attached hydrogen (secondary N) is 1. The lowest BCUT2D eigenvalue weighted by Crippen LogP contribution is -1.93. The van der Waals surface area contributed by atoms with Crippen LogP contribution in [0.15, 0.2) is 54.7 Å². The van der Waals surface area contributed by atoms with E-state index in [4.69, 9.17) is 11.5 Å². The Bertz CT molecular complexity index is 1070. The summed E-state index contributed by atoms with van der Waals surface area (Å²) in [6.45, 7) is -0.0479. The van der Waals surface area contributed by atoms with Gasteiger partial charge in [0, 0.05) is 17.1 Å². The van der Waals surface area contributed by atoms with Crippen molar-refractivity contribution in [2.24, 2.45) is 0 Å². The number of pyridine rings is 1. The van der Waals surface area contributed by atoms with Crippen LogP contribution in [0.5, 0.6) is 0 Å². The third-order valence-electron chi connectivity index (χ3n) is 4.29. The fraction of sp³-hybridized carbons (Fsp3) is 0.0526. The van der Waals surface area contributed by atoms with Crippen molar-refractivity contribution in [1.82, 2.24) is 15.2 Å². The van der Waals surface area contributed by atoms with Crippen molar-refractivity contribution < 1.29 is 5.11 Å². The van der Waals surface area contributed by atoms with Crippen LogP contribution >= 0.6 is 0 Å². The predicted octanol–water partition coefficient (Wildman–Crippen LogP) is 2.95. The second-order valence-electron chi connectivity index (χ2n) is 5.84. The Morgan fingerprint density at radius 1 is 0.960 bits per heavy atom. The minimum atomic E-state index is -0.0479. The molecule has 0 unspecified atom stereocenters. The van der Waals surface area contributed by atoms with Gasteiger partial charge in [0.1, 0.15) is 5.82 Å². The van der Waals surface area contributed by atoms with Crippen LogP contribution in [0.2, 0.25) is 0 Å². The SMILES string of the molecule is Nc1cc(-c2cc(-c3ccccc3CO)c3[nH]nc(N)c3c2)ccn1. The molecule has 0 amide bonds. The molecule has 2 aromatic heterocycles. The van der Waals surface area contributed by atoms with E-state index in [1.165, 1.54) is 0 Å². The maximum atomic E-state index is 9.70. The fourth-order valence-electron chi connectivity index (χ4n) is 3.07. The summed E-state index contributed by atoms with van der Waals surface area (Å²) in [5.41, 5.74) is 17.3. The summed E-state index contributed by atoms with van der Waals surface area (Å²) in [5.74, 6) is 0.886. The van der Waals surface area contributed by atoms with Crippen LogP contribution in [-0.4, -0.2) is 20.3 Å². The molecule has 4 rings (SSSR count). The quantitative estimate of drug-likeness (QED) is 0.461. The van der Waals surface area contributed by atoms with Crippen molar-refractivity contribution in [2.45, 2.75) is 6.61 Å². The van der Waals surface area contributed by atoms with E-state index in [9.17, 15) is 5.11 Å². The van der Waals surface area contributed by atoms with Crippen molar-refractivity contribution in [3.63, 3.8) is 0 Å². The number of hydrogen-bond donors (Lipinski definition) is 4. The van der Waals surface area contributed by atoms with Crippen molar-refractivity contribution in [3.05, 3.63) is 60.3 Å². The fourth-order valence-corrected chi connectivity index (χ4v) is 3.07. The molecule has 124 valence electrons. The monoisotopic (exact) mass is 331 g/mol. The lowest BCUT2D eigenvalue weighted by Gasteiger charge is -2.11. The maximum Gasteiger partial charge on any atom is 0.153 e. The second kappa shape index (κ2) is 5.92. The average Bonchev–Trinajstić information content (AvgIpc) is 3.02.